The smallest absolute Gasteiger partial charge is 0.255 e. The summed E-state index contributed by atoms with van der Waals surface area (Å²) in [6.45, 7) is 5.99. The predicted octanol–water partition coefficient (Wildman–Crippen LogP) is 4.80. The van der Waals surface area contributed by atoms with Gasteiger partial charge in [0.05, 0.1) is 0 Å². The van der Waals surface area contributed by atoms with Crippen LogP contribution in [0, 0.1) is 20.8 Å². The molecule has 0 bridgehead atoms. The molecule has 1 atom stereocenters. The lowest BCUT2D eigenvalue weighted by molar-refractivity contribution is -0.128. The van der Waals surface area contributed by atoms with Crippen LogP contribution >= 0.6 is 0 Å². The summed E-state index contributed by atoms with van der Waals surface area (Å²) in [5.41, 5.74) is 6.46. The lowest BCUT2D eigenvalue weighted by Crippen LogP contribution is -2.56. The summed E-state index contributed by atoms with van der Waals surface area (Å²) >= 11 is 0. The van der Waals surface area contributed by atoms with Crippen molar-refractivity contribution in [1.29, 1.82) is 0 Å². The Morgan fingerprint density at radius 3 is 2.12 bits per heavy atom. The summed E-state index contributed by atoms with van der Waals surface area (Å²) < 4.78 is 0. The Hall–Kier alpha value is -3.60. The van der Waals surface area contributed by atoms with Gasteiger partial charge in [0, 0.05) is 31.2 Å². The van der Waals surface area contributed by atoms with E-state index < -0.39 is 6.04 Å². The van der Waals surface area contributed by atoms with E-state index in [1.807, 2.05) is 106 Å². The highest BCUT2D eigenvalue weighted by Crippen LogP contribution is 2.37. The molecule has 1 unspecified atom stereocenters. The van der Waals surface area contributed by atoms with Crippen LogP contribution in [0.5, 0.6) is 0 Å². The second-order valence-electron chi connectivity index (χ2n) is 8.65. The van der Waals surface area contributed by atoms with Gasteiger partial charge in [-0.15, -0.1) is 0 Å². The number of nitrogens with zero attached hydrogens (tertiary/aromatic N) is 3. The van der Waals surface area contributed by atoms with Crippen molar-refractivity contribution in [3.8, 4) is 0 Å². The summed E-state index contributed by atoms with van der Waals surface area (Å²) in [6.07, 6.45) is 0. The third kappa shape index (κ3) is 3.86. The Morgan fingerprint density at radius 1 is 0.812 bits per heavy atom. The number of hydrogen-bond donors (Lipinski definition) is 0. The first-order valence-corrected chi connectivity index (χ1v) is 10.8. The topological polar surface area (TPSA) is 43.9 Å². The van der Waals surface area contributed by atoms with E-state index in [1.165, 1.54) is 0 Å². The largest absolute Gasteiger partial charge is 0.378 e. The highest BCUT2D eigenvalue weighted by atomic mass is 16.2. The molecule has 1 aliphatic heterocycles. The van der Waals surface area contributed by atoms with Crippen LogP contribution in [0.15, 0.2) is 66.7 Å². The molecule has 2 amide bonds. The van der Waals surface area contributed by atoms with Crippen molar-refractivity contribution in [3.63, 3.8) is 0 Å². The Labute approximate surface area is 189 Å². The van der Waals surface area contributed by atoms with E-state index in [1.54, 1.807) is 9.80 Å². The number of amides is 2. The third-order valence-corrected chi connectivity index (χ3v) is 6.06. The van der Waals surface area contributed by atoms with Crippen LogP contribution in [0.1, 0.15) is 28.3 Å². The number of anilines is 3. The van der Waals surface area contributed by atoms with Gasteiger partial charge in [0.1, 0.15) is 12.6 Å². The molecular formula is C27H29N3O2. The zero-order valence-corrected chi connectivity index (χ0v) is 19.3. The summed E-state index contributed by atoms with van der Waals surface area (Å²) in [6, 6.07) is 20.8. The standard InChI is InChI=1S/C27H29N3O2/c1-18-10-15-24(20(3)16-18)30-25(31)17-29(23-9-7-6-8-19(23)2)27(32)26(30)21-11-13-22(14-12-21)28(4)5/h6-16,26H,17H2,1-5H3. The van der Waals surface area contributed by atoms with Gasteiger partial charge >= 0.3 is 0 Å². The maximum absolute atomic E-state index is 13.9. The average molecular weight is 428 g/mol. The monoisotopic (exact) mass is 427 g/mol. The summed E-state index contributed by atoms with van der Waals surface area (Å²) in [5, 5.41) is 0. The number of carbonyl (C=O) groups is 2. The minimum atomic E-state index is -0.728. The second-order valence-corrected chi connectivity index (χ2v) is 8.65. The van der Waals surface area contributed by atoms with Crippen molar-refractivity contribution >= 4 is 28.9 Å². The lowest BCUT2D eigenvalue weighted by Gasteiger charge is -2.41. The van der Waals surface area contributed by atoms with Gasteiger partial charge in [-0.2, -0.15) is 0 Å². The average Bonchev–Trinajstić information content (AvgIpc) is 2.76. The molecule has 3 aromatic carbocycles. The number of carbonyl (C=O) groups excluding carboxylic acids is 2. The van der Waals surface area contributed by atoms with Crippen LogP contribution in [0.3, 0.4) is 0 Å². The molecule has 1 fully saturated rings. The summed E-state index contributed by atoms with van der Waals surface area (Å²) in [7, 11) is 3.96. The quantitative estimate of drug-likeness (QED) is 0.601. The molecule has 4 rings (SSSR count). The number of aryl methyl sites for hydroxylation is 3. The van der Waals surface area contributed by atoms with E-state index in [4.69, 9.17) is 0 Å². The van der Waals surface area contributed by atoms with Crippen LogP contribution in [-0.4, -0.2) is 32.5 Å². The van der Waals surface area contributed by atoms with E-state index >= 15 is 0 Å². The van der Waals surface area contributed by atoms with Crippen molar-refractivity contribution in [2.24, 2.45) is 0 Å². The summed E-state index contributed by atoms with van der Waals surface area (Å²) in [4.78, 5) is 32.8. The second kappa shape index (κ2) is 8.50. The molecule has 164 valence electrons. The van der Waals surface area contributed by atoms with Crippen molar-refractivity contribution in [3.05, 3.63) is 89.0 Å². The fourth-order valence-corrected chi connectivity index (χ4v) is 4.36. The highest BCUT2D eigenvalue weighted by molar-refractivity contribution is 6.15. The van der Waals surface area contributed by atoms with Crippen LogP contribution in [-0.2, 0) is 9.59 Å². The van der Waals surface area contributed by atoms with Gasteiger partial charge in [0.2, 0.25) is 5.91 Å². The number of piperazine rings is 1. The Kier molecular flexibility index (Phi) is 5.74. The molecule has 5 heteroatoms. The summed E-state index contributed by atoms with van der Waals surface area (Å²) in [5.74, 6) is -0.196. The van der Waals surface area contributed by atoms with E-state index in [0.717, 1.165) is 39.3 Å². The Balaban J connectivity index is 1.85. The van der Waals surface area contributed by atoms with Gasteiger partial charge in [0.25, 0.3) is 5.91 Å². The molecular weight excluding hydrogens is 398 g/mol. The normalized spacial score (nSPS) is 16.5. The number of para-hydroxylation sites is 1. The van der Waals surface area contributed by atoms with Crippen molar-refractivity contribution in [2.75, 3.05) is 35.3 Å². The number of benzene rings is 3. The molecule has 0 spiro atoms. The van der Waals surface area contributed by atoms with Gasteiger partial charge in [0.15, 0.2) is 0 Å². The molecule has 1 aliphatic rings. The van der Waals surface area contributed by atoms with Gasteiger partial charge < -0.3 is 9.80 Å². The van der Waals surface area contributed by atoms with Crippen LogP contribution in [0.2, 0.25) is 0 Å². The first kappa shape index (κ1) is 21.6. The van der Waals surface area contributed by atoms with E-state index in [9.17, 15) is 9.59 Å². The zero-order chi connectivity index (χ0) is 23.0. The van der Waals surface area contributed by atoms with Crippen molar-refractivity contribution in [1.82, 2.24) is 0 Å². The minimum Gasteiger partial charge on any atom is -0.378 e. The molecule has 0 saturated carbocycles. The molecule has 0 N–H and O–H groups in total. The van der Waals surface area contributed by atoms with Crippen LogP contribution < -0.4 is 14.7 Å². The highest BCUT2D eigenvalue weighted by Gasteiger charge is 2.42. The molecule has 0 aliphatic carbocycles. The molecule has 5 nitrogen and oxygen atoms in total. The van der Waals surface area contributed by atoms with Gasteiger partial charge in [-0.25, -0.2) is 0 Å². The molecule has 0 radical (unpaired) electrons. The van der Waals surface area contributed by atoms with Gasteiger partial charge in [-0.05, 0) is 61.7 Å². The molecule has 1 saturated heterocycles. The Morgan fingerprint density at radius 2 is 1.50 bits per heavy atom. The predicted molar refractivity (Wildman–Crippen MR) is 130 cm³/mol. The van der Waals surface area contributed by atoms with Crippen molar-refractivity contribution in [2.45, 2.75) is 26.8 Å². The fourth-order valence-electron chi connectivity index (χ4n) is 4.36. The third-order valence-electron chi connectivity index (χ3n) is 6.06. The number of hydrogen-bond acceptors (Lipinski definition) is 3. The van der Waals surface area contributed by atoms with Crippen molar-refractivity contribution < 1.29 is 9.59 Å². The fraction of sp³-hybridized carbons (Fsp3) is 0.259. The first-order chi connectivity index (χ1) is 15.3. The van der Waals surface area contributed by atoms with Gasteiger partial charge in [-0.3, -0.25) is 14.5 Å². The molecule has 1 heterocycles. The minimum absolute atomic E-state index is 0.0171. The molecule has 3 aromatic rings. The van der Waals surface area contributed by atoms with Crippen LogP contribution in [0.25, 0.3) is 0 Å². The van der Waals surface area contributed by atoms with E-state index in [2.05, 4.69) is 0 Å². The van der Waals surface area contributed by atoms with Crippen LogP contribution in [0.4, 0.5) is 17.1 Å². The maximum atomic E-state index is 13.9. The van der Waals surface area contributed by atoms with E-state index in [-0.39, 0.29) is 18.4 Å². The maximum Gasteiger partial charge on any atom is 0.255 e. The SMILES string of the molecule is Cc1ccc(N2C(=O)CN(c3ccccc3C)C(=O)C2c2ccc(N(C)C)cc2)c(C)c1. The first-order valence-electron chi connectivity index (χ1n) is 10.8. The Bertz CT molecular complexity index is 1170. The van der Waals surface area contributed by atoms with Gasteiger partial charge in [-0.1, -0.05) is 48.0 Å². The number of rotatable bonds is 4. The lowest BCUT2D eigenvalue weighted by atomic mass is 9.97. The molecule has 32 heavy (non-hydrogen) atoms. The van der Waals surface area contributed by atoms with E-state index in [0.29, 0.717) is 0 Å². The zero-order valence-electron chi connectivity index (χ0n) is 19.3. The molecule has 0 aromatic heterocycles.